The molecule has 0 rings (SSSR count). The third-order valence-electron chi connectivity index (χ3n) is 3.98. The van der Waals surface area contributed by atoms with Crippen molar-refractivity contribution in [3.63, 3.8) is 0 Å². The van der Waals surface area contributed by atoms with E-state index in [1.54, 1.807) is 18.5 Å². The van der Waals surface area contributed by atoms with Crippen molar-refractivity contribution in [1.82, 2.24) is 0 Å². The largest absolute Gasteiger partial charge is 0.107 e. The summed E-state index contributed by atoms with van der Waals surface area (Å²) >= 11 is 0. The third kappa shape index (κ3) is 16.5. The predicted octanol–water partition coefficient (Wildman–Crippen LogP) is 6.83. The van der Waals surface area contributed by atoms with Crippen LogP contribution in [0.2, 0.25) is 0 Å². The van der Waals surface area contributed by atoms with Gasteiger partial charge in [0.05, 0.1) is 0 Å². The van der Waals surface area contributed by atoms with Gasteiger partial charge in [-0.15, -0.1) is 7.92 Å². The van der Waals surface area contributed by atoms with Crippen LogP contribution in [0.3, 0.4) is 0 Å². The van der Waals surface area contributed by atoms with Crippen LogP contribution in [0.15, 0.2) is 0 Å². The first-order chi connectivity index (χ1) is 9.35. The summed E-state index contributed by atoms with van der Waals surface area (Å²) in [6.45, 7) is 6.95. The highest BCUT2D eigenvalue weighted by atomic mass is 31.1. The van der Waals surface area contributed by atoms with Gasteiger partial charge in [0.1, 0.15) is 0 Å². The fourth-order valence-electron chi connectivity index (χ4n) is 2.62. The zero-order chi connectivity index (χ0) is 14.2. The van der Waals surface area contributed by atoms with Gasteiger partial charge in [-0.25, -0.2) is 0 Å². The summed E-state index contributed by atoms with van der Waals surface area (Å²) in [6, 6.07) is 0. The van der Waals surface area contributed by atoms with Gasteiger partial charge in [-0.2, -0.15) is 0 Å². The minimum atomic E-state index is 0. The second kappa shape index (κ2) is 19.5. The van der Waals surface area contributed by atoms with Gasteiger partial charge in [0.15, 0.2) is 0 Å². The predicted molar refractivity (Wildman–Crippen MR) is 99.7 cm³/mol. The Morgan fingerprint density at radius 1 is 0.450 bits per heavy atom. The van der Waals surface area contributed by atoms with Gasteiger partial charge in [0.25, 0.3) is 0 Å². The van der Waals surface area contributed by atoms with Gasteiger partial charge in [0.2, 0.25) is 0 Å². The van der Waals surface area contributed by atoms with E-state index in [1.165, 1.54) is 77.0 Å². The summed E-state index contributed by atoms with van der Waals surface area (Å²) in [5.74, 6) is 0. The van der Waals surface area contributed by atoms with Crippen molar-refractivity contribution in [2.45, 2.75) is 97.8 Å². The van der Waals surface area contributed by atoms with Crippen LogP contribution in [0.4, 0.5) is 0 Å². The first-order valence-corrected chi connectivity index (χ1v) is 11.0. The van der Waals surface area contributed by atoms with Gasteiger partial charge in [0, 0.05) is 8.41 Å². The molecule has 0 spiro atoms. The van der Waals surface area contributed by atoms with E-state index in [-0.39, 0.29) is 8.41 Å². The average Bonchev–Trinajstić information content (AvgIpc) is 2.43. The minimum absolute atomic E-state index is 0. The second-order valence-corrected chi connectivity index (χ2v) is 8.71. The molecule has 0 aromatic carbocycles. The lowest BCUT2D eigenvalue weighted by atomic mass is 10.2. The third-order valence-corrected chi connectivity index (χ3v) is 6.83. The van der Waals surface area contributed by atoms with Crippen molar-refractivity contribution in [3.05, 3.63) is 0 Å². The molecule has 0 aliphatic rings. The van der Waals surface area contributed by atoms with Crippen molar-refractivity contribution in [2.75, 3.05) is 18.5 Å². The highest BCUT2D eigenvalue weighted by Gasteiger charge is 2.07. The number of hydrogen-bond acceptors (Lipinski definition) is 0. The molecular weight excluding hydrogens is 258 g/mol. The first-order valence-electron chi connectivity index (χ1n) is 9.07. The number of hydrogen-bond donors (Lipinski definition) is 0. The van der Waals surface area contributed by atoms with Gasteiger partial charge in [-0.3, -0.25) is 0 Å². The quantitative estimate of drug-likeness (QED) is 0.176. The Hall–Kier alpha value is 0.495. The SMILES string of the molecule is CCCCCCP(CCCCCC)CCCCCC.[B]. The maximum absolute atomic E-state index is 2.32. The van der Waals surface area contributed by atoms with E-state index in [1.807, 2.05) is 0 Å². The van der Waals surface area contributed by atoms with Crippen molar-refractivity contribution in [3.8, 4) is 0 Å². The summed E-state index contributed by atoms with van der Waals surface area (Å²) in [6.07, 6.45) is 22.2. The van der Waals surface area contributed by atoms with Crippen LogP contribution in [0.1, 0.15) is 97.8 Å². The zero-order valence-corrected chi connectivity index (χ0v) is 15.5. The van der Waals surface area contributed by atoms with Crippen molar-refractivity contribution < 1.29 is 0 Å². The normalized spacial score (nSPS) is 10.8. The molecule has 3 radical (unpaired) electrons. The first kappa shape index (κ1) is 22.8. The Labute approximate surface area is 133 Å². The van der Waals surface area contributed by atoms with Crippen LogP contribution < -0.4 is 0 Å². The maximum atomic E-state index is 2.32. The van der Waals surface area contributed by atoms with Crippen LogP contribution in [-0.2, 0) is 0 Å². The Balaban J connectivity index is 0. The molecule has 0 bridgehead atoms. The van der Waals surface area contributed by atoms with Crippen molar-refractivity contribution >= 4 is 16.3 Å². The minimum Gasteiger partial charge on any atom is -0.107 e. The van der Waals surface area contributed by atoms with E-state index < -0.39 is 0 Å². The Morgan fingerprint density at radius 3 is 1.00 bits per heavy atom. The summed E-state index contributed by atoms with van der Waals surface area (Å²) in [5.41, 5.74) is 0. The molecule has 0 saturated heterocycles. The van der Waals surface area contributed by atoms with E-state index in [0.29, 0.717) is 7.92 Å². The Morgan fingerprint density at radius 2 is 0.750 bits per heavy atom. The highest BCUT2D eigenvalue weighted by Crippen LogP contribution is 2.39. The topological polar surface area (TPSA) is 0 Å². The Kier molecular flexibility index (Phi) is 22.2. The molecule has 0 aromatic rings. The van der Waals surface area contributed by atoms with Gasteiger partial charge >= 0.3 is 0 Å². The smallest absolute Gasteiger partial charge is 0 e. The molecular formula is C18H39BP. The molecule has 20 heavy (non-hydrogen) atoms. The van der Waals surface area contributed by atoms with E-state index in [2.05, 4.69) is 20.8 Å². The van der Waals surface area contributed by atoms with Gasteiger partial charge < -0.3 is 0 Å². The van der Waals surface area contributed by atoms with Crippen LogP contribution >= 0.6 is 7.92 Å². The lowest BCUT2D eigenvalue weighted by Crippen LogP contribution is -1.97. The lowest BCUT2D eigenvalue weighted by Gasteiger charge is -2.17. The molecule has 2 heteroatoms. The van der Waals surface area contributed by atoms with Gasteiger partial charge in [-0.05, 0) is 37.7 Å². The molecule has 0 unspecified atom stereocenters. The molecule has 0 atom stereocenters. The molecule has 0 aliphatic carbocycles. The average molecular weight is 297 g/mol. The number of rotatable bonds is 15. The molecule has 0 fully saturated rings. The molecule has 0 N–H and O–H groups in total. The van der Waals surface area contributed by atoms with Gasteiger partial charge in [-0.1, -0.05) is 78.6 Å². The second-order valence-electron chi connectivity index (χ2n) is 6.02. The molecule has 0 amide bonds. The fraction of sp³-hybridized carbons (Fsp3) is 1.00. The van der Waals surface area contributed by atoms with E-state index in [9.17, 15) is 0 Å². The van der Waals surface area contributed by atoms with Crippen LogP contribution in [0.25, 0.3) is 0 Å². The lowest BCUT2D eigenvalue weighted by molar-refractivity contribution is 0.687. The molecule has 0 nitrogen and oxygen atoms in total. The van der Waals surface area contributed by atoms with E-state index in [4.69, 9.17) is 0 Å². The molecule has 0 aliphatic heterocycles. The fourth-order valence-corrected chi connectivity index (χ4v) is 5.31. The maximum Gasteiger partial charge on any atom is 0 e. The van der Waals surface area contributed by atoms with Crippen LogP contribution in [-0.4, -0.2) is 26.9 Å². The molecule has 0 aromatic heterocycles. The van der Waals surface area contributed by atoms with Crippen molar-refractivity contribution in [1.29, 1.82) is 0 Å². The van der Waals surface area contributed by atoms with Crippen molar-refractivity contribution in [2.24, 2.45) is 0 Å². The summed E-state index contributed by atoms with van der Waals surface area (Å²) in [5, 5.41) is 0. The molecule has 0 heterocycles. The highest BCUT2D eigenvalue weighted by molar-refractivity contribution is 7.57. The monoisotopic (exact) mass is 297 g/mol. The summed E-state index contributed by atoms with van der Waals surface area (Å²) in [4.78, 5) is 0. The molecule has 119 valence electrons. The van der Waals surface area contributed by atoms with Crippen LogP contribution in [0.5, 0.6) is 0 Å². The summed E-state index contributed by atoms with van der Waals surface area (Å²) in [7, 11) is 0.389. The Bertz CT molecular complexity index is 133. The molecule has 0 saturated carbocycles. The zero-order valence-electron chi connectivity index (χ0n) is 14.6. The standard InChI is InChI=1S/C18H39P.B/c1-4-7-10-13-16-19(17-14-11-8-5-2)18-15-12-9-6-3;/h4-18H2,1-3H3;. The summed E-state index contributed by atoms with van der Waals surface area (Å²) < 4.78 is 0. The number of unbranched alkanes of at least 4 members (excludes halogenated alkanes) is 9. The van der Waals surface area contributed by atoms with E-state index >= 15 is 0 Å². The van der Waals surface area contributed by atoms with Crippen LogP contribution in [0, 0.1) is 0 Å². The van der Waals surface area contributed by atoms with E-state index in [0.717, 1.165) is 0 Å².